The van der Waals surface area contributed by atoms with Crippen LogP contribution in [-0.2, 0) is 16.0 Å². The van der Waals surface area contributed by atoms with Crippen LogP contribution in [0.4, 0.5) is 0 Å². The van der Waals surface area contributed by atoms with E-state index in [4.69, 9.17) is 9.47 Å². The van der Waals surface area contributed by atoms with Crippen molar-refractivity contribution in [1.82, 2.24) is 4.90 Å². The van der Waals surface area contributed by atoms with Gasteiger partial charge in [0.25, 0.3) is 0 Å². The normalized spacial score (nSPS) is 19.0. The standard InChI is InChI=1S/C17H19NO3S/c19-17(16-7-4-10-22-16)21-13-15-12-18(8-9-20-15)11-14-5-2-1-3-6-14/h1-7,10,15H,8-9,11-13H2. The monoisotopic (exact) mass is 317 g/mol. The van der Waals surface area contributed by atoms with Gasteiger partial charge in [-0.3, -0.25) is 4.90 Å². The SMILES string of the molecule is O=C(OCC1CN(Cc2ccccc2)CCO1)c1cccs1. The molecule has 1 saturated heterocycles. The van der Waals surface area contributed by atoms with Crippen LogP contribution < -0.4 is 0 Å². The van der Waals surface area contributed by atoms with Crippen molar-refractivity contribution in [1.29, 1.82) is 0 Å². The maximum atomic E-state index is 11.8. The van der Waals surface area contributed by atoms with Gasteiger partial charge in [0.1, 0.15) is 17.6 Å². The molecule has 3 rings (SSSR count). The largest absolute Gasteiger partial charge is 0.459 e. The van der Waals surface area contributed by atoms with Crippen LogP contribution in [0.5, 0.6) is 0 Å². The van der Waals surface area contributed by atoms with E-state index in [0.717, 1.165) is 19.6 Å². The molecule has 0 aliphatic carbocycles. The van der Waals surface area contributed by atoms with Crippen LogP contribution in [0.15, 0.2) is 47.8 Å². The number of benzene rings is 1. The molecule has 0 amide bonds. The lowest BCUT2D eigenvalue weighted by molar-refractivity contribution is -0.0611. The first-order chi connectivity index (χ1) is 10.8. The Morgan fingerprint density at radius 3 is 2.91 bits per heavy atom. The topological polar surface area (TPSA) is 38.8 Å². The van der Waals surface area contributed by atoms with Crippen molar-refractivity contribution in [3.05, 3.63) is 58.3 Å². The number of hydrogen-bond acceptors (Lipinski definition) is 5. The number of hydrogen-bond donors (Lipinski definition) is 0. The predicted octanol–water partition coefficient (Wildman–Crippen LogP) is 2.81. The maximum absolute atomic E-state index is 11.8. The van der Waals surface area contributed by atoms with Crippen molar-refractivity contribution in [2.75, 3.05) is 26.3 Å². The fraction of sp³-hybridized carbons (Fsp3) is 0.353. The molecule has 22 heavy (non-hydrogen) atoms. The van der Waals surface area contributed by atoms with Crippen molar-refractivity contribution < 1.29 is 14.3 Å². The third-order valence-electron chi connectivity index (χ3n) is 3.59. The van der Waals surface area contributed by atoms with E-state index in [1.165, 1.54) is 16.9 Å². The zero-order valence-corrected chi connectivity index (χ0v) is 13.1. The average Bonchev–Trinajstić information content (AvgIpc) is 3.08. The quantitative estimate of drug-likeness (QED) is 0.795. The van der Waals surface area contributed by atoms with Gasteiger partial charge in [-0.2, -0.15) is 0 Å². The molecule has 1 aromatic carbocycles. The number of esters is 1. The summed E-state index contributed by atoms with van der Waals surface area (Å²) >= 11 is 1.39. The summed E-state index contributed by atoms with van der Waals surface area (Å²) in [5, 5.41) is 1.87. The Hall–Kier alpha value is -1.69. The first-order valence-corrected chi connectivity index (χ1v) is 8.28. The molecule has 0 saturated carbocycles. The summed E-state index contributed by atoms with van der Waals surface area (Å²) in [4.78, 5) is 14.8. The molecule has 1 atom stereocenters. The van der Waals surface area contributed by atoms with E-state index in [2.05, 4.69) is 29.2 Å². The van der Waals surface area contributed by atoms with E-state index in [9.17, 15) is 4.79 Å². The maximum Gasteiger partial charge on any atom is 0.348 e. The second-order valence-electron chi connectivity index (χ2n) is 5.29. The first-order valence-electron chi connectivity index (χ1n) is 7.40. The van der Waals surface area contributed by atoms with E-state index in [-0.39, 0.29) is 12.1 Å². The highest BCUT2D eigenvalue weighted by Gasteiger charge is 2.22. The minimum Gasteiger partial charge on any atom is -0.459 e. The fourth-order valence-electron chi connectivity index (χ4n) is 2.50. The zero-order valence-electron chi connectivity index (χ0n) is 12.3. The number of ether oxygens (including phenoxy) is 2. The number of thiophene rings is 1. The molecule has 1 aromatic heterocycles. The molecule has 0 radical (unpaired) electrons. The van der Waals surface area contributed by atoms with Gasteiger partial charge in [0, 0.05) is 19.6 Å². The molecular weight excluding hydrogens is 298 g/mol. The summed E-state index contributed by atoms with van der Waals surface area (Å²) in [6.07, 6.45) is -0.0543. The lowest BCUT2D eigenvalue weighted by Crippen LogP contribution is -2.44. The smallest absolute Gasteiger partial charge is 0.348 e. The molecule has 4 nitrogen and oxygen atoms in total. The van der Waals surface area contributed by atoms with Crippen molar-refractivity contribution in [3.8, 4) is 0 Å². The van der Waals surface area contributed by atoms with E-state index in [0.29, 0.717) is 18.1 Å². The number of rotatable bonds is 5. The van der Waals surface area contributed by atoms with Crippen LogP contribution in [0.25, 0.3) is 0 Å². The minimum atomic E-state index is -0.265. The second-order valence-corrected chi connectivity index (χ2v) is 6.24. The fourth-order valence-corrected chi connectivity index (χ4v) is 3.12. The minimum absolute atomic E-state index is 0.0543. The van der Waals surface area contributed by atoms with Gasteiger partial charge in [0.05, 0.1) is 6.61 Å². The molecule has 1 aliphatic rings. The summed E-state index contributed by atoms with van der Waals surface area (Å²) in [7, 11) is 0. The summed E-state index contributed by atoms with van der Waals surface area (Å²) in [6, 6.07) is 14.0. The second kappa shape index (κ2) is 7.54. The van der Waals surface area contributed by atoms with Crippen LogP contribution in [-0.4, -0.2) is 43.3 Å². The van der Waals surface area contributed by atoms with Gasteiger partial charge in [-0.05, 0) is 17.0 Å². The predicted molar refractivity (Wildman–Crippen MR) is 86.1 cm³/mol. The Morgan fingerprint density at radius 1 is 1.27 bits per heavy atom. The van der Waals surface area contributed by atoms with Gasteiger partial charge in [-0.25, -0.2) is 4.79 Å². The molecule has 0 bridgehead atoms. The molecule has 116 valence electrons. The highest BCUT2D eigenvalue weighted by atomic mass is 32.1. The summed E-state index contributed by atoms with van der Waals surface area (Å²) < 4.78 is 11.0. The Balaban J connectivity index is 1.47. The van der Waals surface area contributed by atoms with E-state index in [1.807, 2.05) is 17.5 Å². The molecule has 2 heterocycles. The van der Waals surface area contributed by atoms with E-state index in [1.54, 1.807) is 6.07 Å². The van der Waals surface area contributed by atoms with Crippen LogP contribution in [0.1, 0.15) is 15.2 Å². The van der Waals surface area contributed by atoms with Crippen molar-refractivity contribution in [2.24, 2.45) is 0 Å². The van der Waals surface area contributed by atoms with Gasteiger partial charge in [-0.15, -0.1) is 11.3 Å². The molecular formula is C17H19NO3S. The first kappa shape index (κ1) is 15.2. The highest BCUT2D eigenvalue weighted by Crippen LogP contribution is 2.13. The average molecular weight is 317 g/mol. The molecule has 1 unspecified atom stereocenters. The van der Waals surface area contributed by atoms with E-state index >= 15 is 0 Å². The summed E-state index contributed by atoms with van der Waals surface area (Å²) in [5.41, 5.74) is 1.29. The van der Waals surface area contributed by atoms with Gasteiger partial charge in [0.2, 0.25) is 0 Å². The van der Waals surface area contributed by atoms with Crippen LogP contribution in [0, 0.1) is 0 Å². The number of carbonyl (C=O) groups is 1. The number of nitrogens with zero attached hydrogens (tertiary/aromatic N) is 1. The van der Waals surface area contributed by atoms with Crippen molar-refractivity contribution in [3.63, 3.8) is 0 Å². The highest BCUT2D eigenvalue weighted by molar-refractivity contribution is 7.11. The molecule has 1 fully saturated rings. The molecule has 1 aliphatic heterocycles. The third-order valence-corrected chi connectivity index (χ3v) is 4.44. The van der Waals surface area contributed by atoms with Gasteiger partial charge >= 0.3 is 5.97 Å². The summed E-state index contributed by atoms with van der Waals surface area (Å²) in [5.74, 6) is -0.265. The molecule has 5 heteroatoms. The van der Waals surface area contributed by atoms with Gasteiger partial charge < -0.3 is 9.47 Å². The van der Waals surface area contributed by atoms with Crippen LogP contribution in [0.3, 0.4) is 0 Å². The van der Waals surface area contributed by atoms with Crippen LogP contribution in [0.2, 0.25) is 0 Å². The number of carbonyl (C=O) groups excluding carboxylic acids is 1. The lowest BCUT2D eigenvalue weighted by Gasteiger charge is -2.32. The molecule has 2 aromatic rings. The molecule has 0 spiro atoms. The number of morpholine rings is 1. The van der Waals surface area contributed by atoms with E-state index < -0.39 is 0 Å². The van der Waals surface area contributed by atoms with Crippen molar-refractivity contribution >= 4 is 17.3 Å². The third kappa shape index (κ3) is 4.16. The zero-order chi connectivity index (χ0) is 15.2. The Labute approximate surface area is 134 Å². The van der Waals surface area contributed by atoms with Crippen LogP contribution >= 0.6 is 11.3 Å². The van der Waals surface area contributed by atoms with Gasteiger partial charge in [0.15, 0.2) is 0 Å². The molecule has 0 N–H and O–H groups in total. The van der Waals surface area contributed by atoms with Gasteiger partial charge in [-0.1, -0.05) is 36.4 Å². The summed E-state index contributed by atoms with van der Waals surface area (Å²) in [6.45, 7) is 3.58. The Morgan fingerprint density at radius 2 is 2.14 bits per heavy atom. The lowest BCUT2D eigenvalue weighted by atomic mass is 10.2. The Bertz CT molecular complexity index is 585. The van der Waals surface area contributed by atoms with Crippen molar-refractivity contribution in [2.45, 2.75) is 12.6 Å². The Kier molecular flexibility index (Phi) is 5.21.